The van der Waals surface area contributed by atoms with Crippen LogP contribution in [0.5, 0.6) is 0 Å². The minimum atomic E-state index is -1.42. The zero-order valence-electron chi connectivity index (χ0n) is 8.11. The zero-order chi connectivity index (χ0) is 10.7. The van der Waals surface area contributed by atoms with Crippen LogP contribution in [0.4, 0.5) is 0 Å². The van der Waals surface area contributed by atoms with Crippen LogP contribution in [-0.2, 0) is 4.79 Å². The van der Waals surface area contributed by atoms with Gasteiger partial charge in [-0.25, -0.2) is 0 Å². The van der Waals surface area contributed by atoms with Gasteiger partial charge in [-0.1, -0.05) is 13.8 Å². The highest BCUT2D eigenvalue weighted by Crippen LogP contribution is 2.25. The molecule has 76 valence electrons. The van der Waals surface area contributed by atoms with Crippen LogP contribution >= 0.6 is 0 Å². The molecule has 1 N–H and O–H groups in total. The predicted octanol–water partition coefficient (Wildman–Crippen LogP) is 0.629. The number of nitro groups is 1. The molecule has 0 amide bonds. The van der Waals surface area contributed by atoms with E-state index in [1.807, 2.05) is 0 Å². The van der Waals surface area contributed by atoms with Gasteiger partial charge in [0, 0.05) is 10.3 Å². The van der Waals surface area contributed by atoms with Crippen molar-refractivity contribution in [3.05, 3.63) is 10.1 Å². The van der Waals surface area contributed by atoms with Gasteiger partial charge in [-0.2, -0.15) is 0 Å². The molecule has 1 unspecified atom stereocenters. The molecule has 0 radical (unpaired) electrons. The number of rotatable bonds is 5. The second-order valence-corrected chi connectivity index (χ2v) is 4.27. The van der Waals surface area contributed by atoms with Gasteiger partial charge in [0.1, 0.15) is 11.9 Å². The van der Waals surface area contributed by atoms with Gasteiger partial charge in [-0.3, -0.25) is 10.1 Å². The van der Waals surface area contributed by atoms with Crippen LogP contribution in [0.1, 0.15) is 27.2 Å². The molecule has 0 aromatic carbocycles. The van der Waals surface area contributed by atoms with Crippen molar-refractivity contribution in [1.82, 2.24) is 0 Å². The van der Waals surface area contributed by atoms with E-state index in [0.29, 0.717) is 6.29 Å². The van der Waals surface area contributed by atoms with Crippen LogP contribution in [0.2, 0.25) is 0 Å². The summed E-state index contributed by atoms with van der Waals surface area (Å²) in [5.74, 6) is 0. The van der Waals surface area contributed by atoms with E-state index in [4.69, 9.17) is 0 Å². The first-order chi connectivity index (χ1) is 5.68. The summed E-state index contributed by atoms with van der Waals surface area (Å²) in [6.07, 6.45) is 0.784. The largest absolute Gasteiger partial charge is 0.383 e. The maximum atomic E-state index is 10.5. The molecule has 0 bridgehead atoms. The van der Waals surface area contributed by atoms with E-state index in [1.165, 1.54) is 6.92 Å². The predicted molar refractivity (Wildman–Crippen MR) is 46.9 cm³/mol. The Morgan fingerprint density at radius 2 is 1.92 bits per heavy atom. The van der Waals surface area contributed by atoms with Crippen molar-refractivity contribution < 1.29 is 14.8 Å². The number of carbonyl (C=O) groups excluding carboxylic acids is 1. The number of hydrogen-bond acceptors (Lipinski definition) is 4. The lowest BCUT2D eigenvalue weighted by Crippen LogP contribution is -2.38. The van der Waals surface area contributed by atoms with E-state index in [0.717, 1.165) is 0 Å². The second-order valence-electron chi connectivity index (χ2n) is 4.27. The van der Waals surface area contributed by atoms with Crippen LogP contribution in [-0.4, -0.2) is 28.5 Å². The Bertz CT molecular complexity index is 210. The molecule has 0 rings (SSSR count). The monoisotopic (exact) mass is 189 g/mol. The van der Waals surface area contributed by atoms with Crippen LogP contribution < -0.4 is 0 Å². The molecule has 1 atom stereocenters. The summed E-state index contributed by atoms with van der Waals surface area (Å²) in [4.78, 5) is 20.1. The Morgan fingerprint density at radius 1 is 1.46 bits per heavy atom. The van der Waals surface area contributed by atoms with Crippen molar-refractivity contribution in [3.8, 4) is 0 Å². The summed E-state index contributed by atoms with van der Waals surface area (Å²) in [5.41, 5.74) is -2.15. The fourth-order valence-corrected chi connectivity index (χ4v) is 1.36. The summed E-state index contributed by atoms with van der Waals surface area (Å²) in [5, 5.41) is 19.7. The standard InChI is InChI=1S/C8H15NO4/c1-7(2,6-10)4-8(3,11)5-9(12)13/h6,11H,4-5H2,1-3H3. The number of hydrogen-bond donors (Lipinski definition) is 1. The smallest absolute Gasteiger partial charge is 0.231 e. The van der Waals surface area contributed by atoms with Gasteiger partial charge in [0.25, 0.3) is 0 Å². The van der Waals surface area contributed by atoms with Gasteiger partial charge >= 0.3 is 0 Å². The lowest BCUT2D eigenvalue weighted by molar-refractivity contribution is -0.500. The first kappa shape index (κ1) is 12.0. The summed E-state index contributed by atoms with van der Waals surface area (Å²) >= 11 is 0. The van der Waals surface area contributed by atoms with Crippen LogP contribution in [0.3, 0.4) is 0 Å². The third-order valence-corrected chi connectivity index (χ3v) is 1.63. The summed E-state index contributed by atoms with van der Waals surface area (Å²) < 4.78 is 0. The molecule has 0 aliphatic heterocycles. The van der Waals surface area contributed by atoms with Crippen LogP contribution in [0.15, 0.2) is 0 Å². The van der Waals surface area contributed by atoms with Gasteiger partial charge in [0.15, 0.2) is 0 Å². The molecule has 0 saturated heterocycles. The van der Waals surface area contributed by atoms with Gasteiger partial charge < -0.3 is 9.90 Å². The Labute approximate surface area is 76.9 Å². The normalized spacial score (nSPS) is 16.3. The fourth-order valence-electron chi connectivity index (χ4n) is 1.36. The Hall–Kier alpha value is -0.970. The molecule has 0 spiro atoms. The van der Waals surface area contributed by atoms with Crippen LogP contribution in [0, 0.1) is 15.5 Å². The topological polar surface area (TPSA) is 80.4 Å². The lowest BCUT2D eigenvalue weighted by atomic mass is 9.82. The van der Waals surface area contributed by atoms with E-state index >= 15 is 0 Å². The van der Waals surface area contributed by atoms with Gasteiger partial charge in [0.2, 0.25) is 6.54 Å². The molecule has 13 heavy (non-hydrogen) atoms. The number of nitrogens with zero attached hydrogens (tertiary/aromatic N) is 1. The summed E-state index contributed by atoms with van der Waals surface area (Å²) in [7, 11) is 0. The number of aliphatic hydroxyl groups is 1. The van der Waals surface area contributed by atoms with Crippen molar-refractivity contribution in [2.75, 3.05) is 6.54 Å². The molecule has 5 nitrogen and oxygen atoms in total. The molecular weight excluding hydrogens is 174 g/mol. The van der Waals surface area contributed by atoms with Gasteiger partial charge in [0.05, 0.1) is 0 Å². The molecule has 0 aliphatic carbocycles. The van der Waals surface area contributed by atoms with Crippen molar-refractivity contribution in [2.45, 2.75) is 32.8 Å². The minimum absolute atomic E-state index is 0.0878. The molecule has 0 fully saturated rings. The van der Waals surface area contributed by atoms with E-state index < -0.39 is 22.5 Å². The summed E-state index contributed by atoms with van der Waals surface area (Å²) in [6.45, 7) is 4.09. The van der Waals surface area contributed by atoms with Gasteiger partial charge in [-0.05, 0) is 13.3 Å². The van der Waals surface area contributed by atoms with Crippen molar-refractivity contribution in [2.24, 2.45) is 5.41 Å². The Kier molecular flexibility index (Phi) is 3.54. The molecular formula is C8H15NO4. The minimum Gasteiger partial charge on any atom is -0.383 e. The molecule has 0 aromatic heterocycles. The van der Waals surface area contributed by atoms with Gasteiger partial charge in [-0.15, -0.1) is 0 Å². The second kappa shape index (κ2) is 3.83. The molecule has 0 saturated carbocycles. The van der Waals surface area contributed by atoms with E-state index in [-0.39, 0.29) is 6.42 Å². The van der Waals surface area contributed by atoms with Crippen molar-refractivity contribution in [3.63, 3.8) is 0 Å². The summed E-state index contributed by atoms with van der Waals surface area (Å²) in [6, 6.07) is 0. The van der Waals surface area contributed by atoms with E-state index in [2.05, 4.69) is 0 Å². The van der Waals surface area contributed by atoms with Crippen molar-refractivity contribution in [1.29, 1.82) is 0 Å². The molecule has 5 heteroatoms. The highest BCUT2D eigenvalue weighted by Gasteiger charge is 2.34. The average Bonchev–Trinajstić information content (AvgIpc) is 1.81. The first-order valence-electron chi connectivity index (χ1n) is 3.99. The van der Waals surface area contributed by atoms with E-state index in [9.17, 15) is 20.0 Å². The quantitative estimate of drug-likeness (QED) is 0.390. The van der Waals surface area contributed by atoms with Crippen LogP contribution in [0.25, 0.3) is 0 Å². The lowest BCUT2D eigenvalue weighted by Gasteiger charge is -2.26. The average molecular weight is 189 g/mol. The third kappa shape index (κ3) is 5.30. The zero-order valence-corrected chi connectivity index (χ0v) is 8.11. The third-order valence-electron chi connectivity index (χ3n) is 1.63. The van der Waals surface area contributed by atoms with E-state index in [1.54, 1.807) is 13.8 Å². The fraction of sp³-hybridized carbons (Fsp3) is 0.875. The SMILES string of the molecule is CC(C)(C=O)CC(C)(O)C[N+](=O)[O-]. The Morgan fingerprint density at radius 3 is 2.23 bits per heavy atom. The maximum Gasteiger partial charge on any atom is 0.231 e. The molecule has 0 aliphatic rings. The van der Waals surface area contributed by atoms with Crippen molar-refractivity contribution >= 4 is 6.29 Å². The maximum absolute atomic E-state index is 10.5. The highest BCUT2D eigenvalue weighted by molar-refractivity contribution is 5.58. The highest BCUT2D eigenvalue weighted by atomic mass is 16.6. The number of aldehydes is 1. The molecule has 0 aromatic rings. The first-order valence-corrected chi connectivity index (χ1v) is 3.99. The number of carbonyl (C=O) groups is 1. The Balaban J connectivity index is 4.32. The molecule has 0 heterocycles.